The summed E-state index contributed by atoms with van der Waals surface area (Å²) < 4.78 is 14.5. The molecule has 0 aliphatic carbocycles. The van der Waals surface area contributed by atoms with E-state index < -0.39 is 5.91 Å². The van der Waals surface area contributed by atoms with Gasteiger partial charge < -0.3 is 10.6 Å². The second kappa shape index (κ2) is 6.79. The number of likely N-dealkylation sites (tertiary alicyclic amines) is 1. The van der Waals surface area contributed by atoms with Crippen LogP contribution in [0.3, 0.4) is 0 Å². The molecule has 0 spiro atoms. The molecule has 1 aliphatic heterocycles. The molecule has 1 aromatic carbocycles. The molecule has 1 unspecified atom stereocenters. The zero-order valence-electron chi connectivity index (χ0n) is 14.5. The summed E-state index contributed by atoms with van der Waals surface area (Å²) >= 11 is 0. The molecule has 0 radical (unpaired) electrons. The predicted octanol–water partition coefficient (Wildman–Crippen LogP) is 1.81. The van der Waals surface area contributed by atoms with Crippen LogP contribution < -0.4 is 5.73 Å². The predicted molar refractivity (Wildman–Crippen MR) is 95.7 cm³/mol. The largest absolute Gasteiger partial charge is 0.365 e. The number of carbonyl (C=O) groups excluding carboxylic acids is 2. The molecule has 3 aromatic rings. The van der Waals surface area contributed by atoms with Crippen molar-refractivity contribution in [1.82, 2.24) is 19.5 Å². The van der Waals surface area contributed by atoms with E-state index >= 15 is 0 Å². The van der Waals surface area contributed by atoms with E-state index in [1.54, 1.807) is 18.2 Å². The lowest BCUT2D eigenvalue weighted by atomic mass is 10.0. The van der Waals surface area contributed by atoms with Crippen LogP contribution in [0.2, 0.25) is 0 Å². The normalized spacial score (nSPS) is 16.8. The first-order valence-electron chi connectivity index (χ1n) is 8.72. The van der Waals surface area contributed by atoms with Gasteiger partial charge in [-0.15, -0.1) is 0 Å². The third-order valence-corrected chi connectivity index (χ3v) is 4.91. The van der Waals surface area contributed by atoms with Gasteiger partial charge in [-0.25, -0.2) is 13.9 Å². The van der Waals surface area contributed by atoms with E-state index in [4.69, 9.17) is 5.73 Å². The molecule has 1 aliphatic rings. The molecular formula is C19H18FN5O2. The first-order valence-corrected chi connectivity index (χ1v) is 8.72. The van der Waals surface area contributed by atoms with Gasteiger partial charge in [0.05, 0.1) is 6.20 Å². The lowest BCUT2D eigenvalue weighted by molar-refractivity contribution is 0.0727. The lowest BCUT2D eigenvalue weighted by Crippen LogP contribution is -2.37. The minimum Gasteiger partial charge on any atom is -0.365 e. The molecule has 0 bridgehead atoms. The summed E-state index contributed by atoms with van der Waals surface area (Å²) in [6.07, 6.45) is 5.23. The molecule has 3 heterocycles. The number of hydrogen-bond acceptors (Lipinski definition) is 4. The highest BCUT2D eigenvalue weighted by Gasteiger charge is 2.31. The molecule has 2 amide bonds. The summed E-state index contributed by atoms with van der Waals surface area (Å²) in [6, 6.07) is 7.95. The summed E-state index contributed by atoms with van der Waals surface area (Å²) in [5.74, 6) is -1.09. The number of halogens is 1. The van der Waals surface area contributed by atoms with Crippen LogP contribution in [0.25, 0.3) is 5.65 Å². The van der Waals surface area contributed by atoms with E-state index in [1.165, 1.54) is 29.0 Å². The molecule has 27 heavy (non-hydrogen) atoms. The van der Waals surface area contributed by atoms with Crippen molar-refractivity contribution in [2.75, 3.05) is 6.54 Å². The Morgan fingerprint density at radius 2 is 2.00 bits per heavy atom. The minimum atomic E-state index is -0.641. The number of fused-ring (bicyclic) bond motifs is 1. The summed E-state index contributed by atoms with van der Waals surface area (Å²) in [4.78, 5) is 30.6. The van der Waals surface area contributed by atoms with Crippen molar-refractivity contribution in [3.8, 4) is 0 Å². The van der Waals surface area contributed by atoms with Crippen LogP contribution in [-0.4, -0.2) is 43.9 Å². The van der Waals surface area contributed by atoms with Gasteiger partial charge in [-0.1, -0.05) is 12.1 Å². The standard InChI is InChI=1S/C19H18FN5O2/c20-13-5-3-12(4-6-13)10-14-2-1-9-24(14)19(27)16-7-8-22-18-15(17(21)26)11-23-25(16)18/h3-8,11,14H,1-2,9-10H2,(H2,21,26). The Hall–Kier alpha value is -3.29. The van der Waals surface area contributed by atoms with Gasteiger partial charge >= 0.3 is 0 Å². The Morgan fingerprint density at radius 1 is 1.22 bits per heavy atom. The number of nitrogens with zero attached hydrogens (tertiary/aromatic N) is 4. The maximum atomic E-state index is 13.2. The SMILES string of the molecule is NC(=O)c1cnn2c(C(=O)N3CCCC3Cc3ccc(F)cc3)ccnc12. The van der Waals surface area contributed by atoms with Crippen molar-refractivity contribution in [3.05, 3.63) is 65.4 Å². The Labute approximate surface area is 154 Å². The van der Waals surface area contributed by atoms with Crippen molar-refractivity contribution < 1.29 is 14.0 Å². The Bertz CT molecular complexity index is 1010. The van der Waals surface area contributed by atoms with Crippen LogP contribution in [0.4, 0.5) is 4.39 Å². The van der Waals surface area contributed by atoms with E-state index in [9.17, 15) is 14.0 Å². The van der Waals surface area contributed by atoms with Gasteiger partial charge in [0.1, 0.15) is 17.1 Å². The second-order valence-corrected chi connectivity index (χ2v) is 6.61. The average Bonchev–Trinajstić information content (AvgIpc) is 3.29. The number of nitrogens with two attached hydrogens (primary N) is 1. The van der Waals surface area contributed by atoms with E-state index in [1.807, 2.05) is 4.90 Å². The number of hydrogen-bond donors (Lipinski definition) is 1. The van der Waals surface area contributed by atoms with Crippen LogP contribution in [-0.2, 0) is 6.42 Å². The van der Waals surface area contributed by atoms with E-state index in [0.717, 1.165) is 18.4 Å². The first kappa shape index (κ1) is 17.1. The maximum Gasteiger partial charge on any atom is 0.272 e. The van der Waals surface area contributed by atoms with Crippen molar-refractivity contribution in [2.24, 2.45) is 5.73 Å². The number of benzene rings is 1. The molecule has 1 saturated heterocycles. The van der Waals surface area contributed by atoms with Crippen molar-refractivity contribution in [3.63, 3.8) is 0 Å². The second-order valence-electron chi connectivity index (χ2n) is 6.61. The average molecular weight is 367 g/mol. The topological polar surface area (TPSA) is 93.6 Å². The van der Waals surface area contributed by atoms with Crippen molar-refractivity contribution in [1.29, 1.82) is 0 Å². The smallest absolute Gasteiger partial charge is 0.272 e. The number of carbonyl (C=O) groups is 2. The van der Waals surface area contributed by atoms with Gasteiger partial charge in [-0.2, -0.15) is 5.10 Å². The van der Waals surface area contributed by atoms with Gasteiger partial charge in [-0.05, 0) is 43.0 Å². The van der Waals surface area contributed by atoms with Crippen LogP contribution >= 0.6 is 0 Å². The molecular weight excluding hydrogens is 349 g/mol. The highest BCUT2D eigenvalue weighted by molar-refractivity contribution is 6.00. The fourth-order valence-corrected chi connectivity index (χ4v) is 3.58. The van der Waals surface area contributed by atoms with Gasteiger partial charge in [0, 0.05) is 18.8 Å². The summed E-state index contributed by atoms with van der Waals surface area (Å²) in [5, 5.41) is 4.12. The van der Waals surface area contributed by atoms with Gasteiger partial charge in [0.25, 0.3) is 11.8 Å². The quantitative estimate of drug-likeness (QED) is 0.761. The van der Waals surface area contributed by atoms with Crippen LogP contribution in [0.5, 0.6) is 0 Å². The molecule has 1 atom stereocenters. The Kier molecular flexibility index (Phi) is 4.31. The number of primary amides is 1. The highest BCUT2D eigenvalue weighted by Crippen LogP contribution is 2.24. The molecule has 2 aromatic heterocycles. The summed E-state index contributed by atoms with van der Waals surface area (Å²) in [7, 11) is 0. The van der Waals surface area contributed by atoms with E-state index in [-0.39, 0.29) is 29.0 Å². The van der Waals surface area contributed by atoms with Crippen LogP contribution in [0.1, 0.15) is 39.3 Å². The summed E-state index contributed by atoms with van der Waals surface area (Å²) in [6.45, 7) is 0.637. The molecule has 0 saturated carbocycles. The van der Waals surface area contributed by atoms with Crippen molar-refractivity contribution >= 4 is 17.5 Å². The third kappa shape index (κ3) is 3.14. The first-order chi connectivity index (χ1) is 13.0. The number of aromatic nitrogens is 3. The van der Waals surface area contributed by atoms with Crippen molar-refractivity contribution in [2.45, 2.75) is 25.3 Å². The Morgan fingerprint density at radius 3 is 2.74 bits per heavy atom. The Balaban J connectivity index is 1.62. The fraction of sp³-hybridized carbons (Fsp3) is 0.263. The highest BCUT2D eigenvalue weighted by atomic mass is 19.1. The molecule has 138 valence electrons. The van der Waals surface area contributed by atoms with E-state index in [2.05, 4.69) is 10.1 Å². The number of amides is 2. The zero-order chi connectivity index (χ0) is 19.0. The lowest BCUT2D eigenvalue weighted by Gasteiger charge is -2.25. The minimum absolute atomic E-state index is 0.0253. The monoisotopic (exact) mass is 367 g/mol. The van der Waals surface area contributed by atoms with Gasteiger partial charge in [0.2, 0.25) is 0 Å². The van der Waals surface area contributed by atoms with Gasteiger partial charge in [-0.3, -0.25) is 9.59 Å². The number of rotatable bonds is 4. The zero-order valence-corrected chi connectivity index (χ0v) is 14.5. The maximum absolute atomic E-state index is 13.2. The molecule has 7 nitrogen and oxygen atoms in total. The molecule has 1 fully saturated rings. The molecule has 8 heteroatoms. The molecule has 4 rings (SSSR count). The van der Waals surface area contributed by atoms with Gasteiger partial charge in [0.15, 0.2) is 5.65 Å². The fourth-order valence-electron chi connectivity index (χ4n) is 3.58. The van der Waals surface area contributed by atoms with Crippen LogP contribution in [0, 0.1) is 5.82 Å². The van der Waals surface area contributed by atoms with E-state index in [0.29, 0.717) is 18.7 Å². The van der Waals surface area contributed by atoms with Crippen LogP contribution in [0.15, 0.2) is 42.7 Å². The molecule has 2 N–H and O–H groups in total. The summed E-state index contributed by atoms with van der Waals surface area (Å²) in [5.41, 5.74) is 7.09. The third-order valence-electron chi connectivity index (χ3n) is 4.91.